The highest BCUT2D eigenvalue weighted by Gasteiger charge is 2.64. The van der Waals surface area contributed by atoms with Crippen LogP contribution < -0.4 is 0 Å². The van der Waals surface area contributed by atoms with Crippen LogP contribution in [-0.2, 0) is 4.79 Å². The maximum Gasteiger partial charge on any atom is 0.306 e. The molecule has 4 rings (SSSR count). The highest BCUT2D eigenvalue weighted by molar-refractivity contribution is 5.70. The van der Waals surface area contributed by atoms with Crippen molar-refractivity contribution in [1.82, 2.24) is 0 Å². The van der Waals surface area contributed by atoms with Gasteiger partial charge in [0.1, 0.15) is 0 Å². The number of aliphatic carboxylic acids is 1. The van der Waals surface area contributed by atoms with Gasteiger partial charge in [0.2, 0.25) is 0 Å². The third kappa shape index (κ3) is 3.58. The molecule has 186 valence electrons. The molecule has 4 aliphatic rings. The first-order valence-electron chi connectivity index (χ1n) is 13.6. The van der Waals surface area contributed by atoms with Crippen LogP contribution in [0.1, 0.15) is 113 Å². The monoisotopic (exact) mass is 456 g/mol. The van der Waals surface area contributed by atoms with Crippen LogP contribution in [0.2, 0.25) is 0 Å². The predicted octanol–water partition coefficient (Wildman–Crippen LogP) is 7.54. The summed E-state index contributed by atoms with van der Waals surface area (Å²) in [5.74, 6) is -0.0420. The van der Waals surface area contributed by atoms with Gasteiger partial charge in [-0.25, -0.2) is 0 Å². The Morgan fingerprint density at radius 3 is 2.33 bits per heavy atom. The molecule has 2 unspecified atom stereocenters. The Kier molecular flexibility index (Phi) is 6.25. The molecule has 0 spiro atoms. The second kappa shape index (κ2) is 8.25. The number of carboxylic acid groups (broad SMARTS) is 1. The van der Waals surface area contributed by atoms with Crippen LogP contribution in [0.25, 0.3) is 0 Å². The Bertz CT molecular complexity index is 862. The molecule has 4 aliphatic carbocycles. The second-order valence-electron chi connectivity index (χ2n) is 13.5. The fraction of sp³-hybridized carbons (Fsp3) is 0.833. The van der Waals surface area contributed by atoms with Crippen LogP contribution in [0.15, 0.2) is 22.8 Å². The Morgan fingerprint density at radius 1 is 1.00 bits per heavy atom. The van der Waals surface area contributed by atoms with Crippen molar-refractivity contribution in [3.8, 4) is 0 Å². The van der Waals surface area contributed by atoms with E-state index in [1.54, 1.807) is 11.1 Å². The van der Waals surface area contributed by atoms with Crippen molar-refractivity contribution < 1.29 is 15.0 Å². The molecular weight excluding hydrogens is 408 g/mol. The molecule has 0 heterocycles. The number of hydrogen-bond acceptors (Lipinski definition) is 2. The fourth-order valence-electron chi connectivity index (χ4n) is 9.41. The van der Waals surface area contributed by atoms with Gasteiger partial charge < -0.3 is 10.2 Å². The van der Waals surface area contributed by atoms with Crippen LogP contribution in [0.5, 0.6) is 0 Å². The fourth-order valence-corrected chi connectivity index (χ4v) is 9.41. The number of carbonyl (C=O) groups is 1. The minimum Gasteiger partial charge on any atom is -0.481 e. The Balaban J connectivity index is 1.69. The van der Waals surface area contributed by atoms with Gasteiger partial charge in [0.25, 0.3) is 0 Å². The van der Waals surface area contributed by atoms with E-state index in [1.807, 2.05) is 0 Å². The maximum absolute atomic E-state index is 12.5. The molecule has 2 N–H and O–H groups in total. The molecule has 0 amide bonds. The molecular formula is C30H48O3. The van der Waals surface area contributed by atoms with Crippen LogP contribution in [0, 0.1) is 39.4 Å². The van der Waals surface area contributed by atoms with E-state index in [0.717, 1.165) is 57.8 Å². The standard InChI is InChI=1S/C30H48O3/c1-19(2)9-8-10-20(26(32)33)21-13-17-30(7)23-11-12-24-27(3,4)25(31)15-16-28(24,5)22(23)14-18-29(21,30)6/h9,20-21,24-25,31H,8,10-18H2,1-7H3,(H,32,33)/t20-,21?,24?,25+,28-,29-,30+/m1/s1. The lowest BCUT2D eigenvalue weighted by Crippen LogP contribution is -2.55. The summed E-state index contributed by atoms with van der Waals surface area (Å²) < 4.78 is 0. The van der Waals surface area contributed by atoms with E-state index in [1.165, 1.54) is 12.0 Å². The van der Waals surface area contributed by atoms with Crippen molar-refractivity contribution in [3.63, 3.8) is 0 Å². The van der Waals surface area contributed by atoms with Gasteiger partial charge in [-0.1, -0.05) is 57.4 Å². The van der Waals surface area contributed by atoms with Gasteiger partial charge in [-0.15, -0.1) is 0 Å². The van der Waals surface area contributed by atoms with Gasteiger partial charge >= 0.3 is 5.97 Å². The van der Waals surface area contributed by atoms with Crippen molar-refractivity contribution in [1.29, 1.82) is 0 Å². The van der Waals surface area contributed by atoms with Crippen LogP contribution >= 0.6 is 0 Å². The number of rotatable bonds is 5. The summed E-state index contributed by atoms with van der Waals surface area (Å²) in [7, 11) is 0. The molecule has 0 aromatic rings. The van der Waals surface area contributed by atoms with E-state index in [-0.39, 0.29) is 39.6 Å². The van der Waals surface area contributed by atoms with Gasteiger partial charge in [0.15, 0.2) is 0 Å². The van der Waals surface area contributed by atoms with Crippen molar-refractivity contribution >= 4 is 5.97 Å². The first kappa shape index (κ1) is 25.0. The van der Waals surface area contributed by atoms with Crippen molar-refractivity contribution in [2.24, 2.45) is 39.4 Å². The normalized spacial score (nSPS) is 42.7. The maximum atomic E-state index is 12.5. The topological polar surface area (TPSA) is 57.5 Å². The van der Waals surface area contributed by atoms with E-state index < -0.39 is 5.97 Å². The first-order valence-corrected chi connectivity index (χ1v) is 13.6. The number of allylic oxidation sites excluding steroid dienone is 4. The Labute approximate surface area is 202 Å². The molecule has 0 saturated heterocycles. The lowest BCUT2D eigenvalue weighted by molar-refractivity contribution is -0.146. The zero-order chi connectivity index (χ0) is 24.4. The molecule has 3 heteroatoms. The third-order valence-corrected chi connectivity index (χ3v) is 11.6. The summed E-state index contributed by atoms with van der Waals surface area (Å²) in [6.07, 6.45) is 12.3. The van der Waals surface area contributed by atoms with E-state index in [0.29, 0.717) is 5.92 Å². The number of fused-ring (bicyclic) bond motifs is 4. The summed E-state index contributed by atoms with van der Waals surface area (Å²) >= 11 is 0. The SMILES string of the molecule is CC(C)=CCC[C@@H](C(=O)O)C1CC[C@@]2(C)C3=C(CC[C@]12C)[C@@]1(C)CC[C@H](O)C(C)(C)C1CC3. The minimum atomic E-state index is -0.592. The summed E-state index contributed by atoms with van der Waals surface area (Å²) in [5, 5.41) is 21.0. The first-order chi connectivity index (χ1) is 15.3. The van der Waals surface area contributed by atoms with E-state index in [4.69, 9.17) is 0 Å². The average Bonchev–Trinajstić information content (AvgIpc) is 3.00. The molecule has 2 fully saturated rings. The molecule has 3 nitrogen and oxygen atoms in total. The van der Waals surface area contributed by atoms with Gasteiger partial charge in [-0.3, -0.25) is 4.79 Å². The highest BCUT2D eigenvalue weighted by atomic mass is 16.4. The molecule has 33 heavy (non-hydrogen) atoms. The van der Waals surface area contributed by atoms with Gasteiger partial charge in [0.05, 0.1) is 12.0 Å². The lowest BCUT2D eigenvalue weighted by atomic mass is 9.43. The Hall–Kier alpha value is -1.09. The zero-order valence-corrected chi connectivity index (χ0v) is 22.3. The van der Waals surface area contributed by atoms with E-state index in [9.17, 15) is 15.0 Å². The lowest BCUT2D eigenvalue weighted by Gasteiger charge is -2.62. The van der Waals surface area contributed by atoms with E-state index in [2.05, 4.69) is 54.5 Å². The number of hydrogen-bond donors (Lipinski definition) is 2. The molecule has 0 radical (unpaired) electrons. The van der Waals surface area contributed by atoms with Crippen molar-refractivity contribution in [2.75, 3.05) is 0 Å². The summed E-state index contributed by atoms with van der Waals surface area (Å²) in [4.78, 5) is 12.5. The second-order valence-corrected chi connectivity index (χ2v) is 13.5. The molecule has 0 aromatic heterocycles. The Morgan fingerprint density at radius 2 is 1.70 bits per heavy atom. The van der Waals surface area contributed by atoms with Crippen LogP contribution in [0.4, 0.5) is 0 Å². The minimum absolute atomic E-state index is 0.0370. The van der Waals surface area contributed by atoms with Gasteiger partial charge in [-0.05, 0) is 112 Å². The van der Waals surface area contributed by atoms with Crippen LogP contribution in [0.3, 0.4) is 0 Å². The predicted molar refractivity (Wildman–Crippen MR) is 135 cm³/mol. The van der Waals surface area contributed by atoms with Crippen LogP contribution in [-0.4, -0.2) is 22.3 Å². The molecule has 0 aliphatic heterocycles. The summed E-state index contributed by atoms with van der Waals surface area (Å²) in [6.45, 7) is 16.2. The average molecular weight is 457 g/mol. The number of aliphatic hydroxyl groups is 1. The molecule has 0 bridgehead atoms. The molecule has 7 atom stereocenters. The smallest absolute Gasteiger partial charge is 0.306 e. The molecule has 0 aromatic carbocycles. The number of carboxylic acids is 1. The van der Waals surface area contributed by atoms with Crippen molar-refractivity contribution in [2.45, 2.75) is 119 Å². The summed E-state index contributed by atoms with van der Waals surface area (Å²) in [5.41, 5.74) is 5.00. The van der Waals surface area contributed by atoms with E-state index >= 15 is 0 Å². The zero-order valence-electron chi connectivity index (χ0n) is 22.3. The third-order valence-electron chi connectivity index (χ3n) is 11.6. The van der Waals surface area contributed by atoms with Gasteiger partial charge in [-0.2, -0.15) is 0 Å². The van der Waals surface area contributed by atoms with Crippen molar-refractivity contribution in [3.05, 3.63) is 22.8 Å². The summed E-state index contributed by atoms with van der Waals surface area (Å²) in [6, 6.07) is 0. The van der Waals surface area contributed by atoms with Gasteiger partial charge in [0, 0.05) is 0 Å². The largest absolute Gasteiger partial charge is 0.481 e. The quantitative estimate of drug-likeness (QED) is 0.420. The number of aliphatic hydroxyl groups excluding tert-OH is 1. The highest BCUT2D eigenvalue weighted by Crippen LogP contribution is 2.72. The molecule has 2 saturated carbocycles.